The van der Waals surface area contributed by atoms with Crippen molar-refractivity contribution in [2.75, 3.05) is 16.9 Å². The Morgan fingerprint density at radius 3 is 2.67 bits per heavy atom. The first-order valence-corrected chi connectivity index (χ1v) is 5.76. The van der Waals surface area contributed by atoms with E-state index in [1.165, 1.54) is 5.56 Å². The molecule has 6 nitrogen and oxygen atoms in total. The van der Waals surface area contributed by atoms with Gasteiger partial charge in [0.25, 0.3) is 0 Å². The molecule has 0 aliphatic rings. The molecule has 18 heavy (non-hydrogen) atoms. The van der Waals surface area contributed by atoms with Crippen molar-refractivity contribution in [3.8, 4) is 0 Å². The summed E-state index contributed by atoms with van der Waals surface area (Å²) in [7, 11) is 0. The highest BCUT2D eigenvalue weighted by Gasteiger charge is 2.07. The van der Waals surface area contributed by atoms with Gasteiger partial charge in [-0.1, -0.05) is 0 Å². The largest absolute Gasteiger partial charge is 0.351 e. The summed E-state index contributed by atoms with van der Waals surface area (Å²) in [5.41, 5.74) is 3.68. The molecule has 0 amide bonds. The first kappa shape index (κ1) is 12.3. The van der Waals surface area contributed by atoms with Gasteiger partial charge in [0.15, 0.2) is 5.82 Å². The summed E-state index contributed by atoms with van der Waals surface area (Å²) in [6.45, 7) is 3.68. The summed E-state index contributed by atoms with van der Waals surface area (Å²) in [6.07, 6.45) is 6.88. The number of hydrogen-bond donors (Lipinski definition) is 2. The zero-order valence-corrected chi connectivity index (χ0v) is 10.2. The topological polar surface area (TPSA) is 80.0 Å². The van der Waals surface area contributed by atoms with Gasteiger partial charge in [-0.3, -0.25) is 9.97 Å². The predicted molar refractivity (Wildman–Crippen MR) is 70.8 cm³/mol. The molecule has 0 atom stereocenters. The Balaban J connectivity index is 2.17. The standard InChI is InChI=1S/C12H16N6/c1-2-18(9-10-3-5-14-6-4-10)12-8-15-7-11(16-12)17-13/h3-8H,2,9,13H2,1H3,(H,16,17). The van der Waals surface area contributed by atoms with Crippen LogP contribution in [0.2, 0.25) is 0 Å². The molecule has 6 heteroatoms. The fourth-order valence-corrected chi connectivity index (χ4v) is 1.64. The third kappa shape index (κ3) is 2.92. The normalized spacial score (nSPS) is 10.1. The van der Waals surface area contributed by atoms with Crippen LogP contribution in [0, 0.1) is 0 Å². The molecule has 0 bridgehead atoms. The molecule has 0 aliphatic carbocycles. The Morgan fingerprint density at radius 1 is 1.22 bits per heavy atom. The Hall–Kier alpha value is -2.21. The number of hydrazine groups is 1. The van der Waals surface area contributed by atoms with Crippen molar-refractivity contribution < 1.29 is 0 Å². The van der Waals surface area contributed by atoms with E-state index in [0.717, 1.165) is 18.9 Å². The Kier molecular flexibility index (Phi) is 4.03. The minimum Gasteiger partial charge on any atom is -0.351 e. The molecule has 94 valence electrons. The lowest BCUT2D eigenvalue weighted by molar-refractivity contribution is 0.808. The van der Waals surface area contributed by atoms with Gasteiger partial charge >= 0.3 is 0 Å². The van der Waals surface area contributed by atoms with Crippen molar-refractivity contribution >= 4 is 11.6 Å². The number of rotatable bonds is 5. The second-order valence-corrected chi connectivity index (χ2v) is 3.78. The number of anilines is 2. The predicted octanol–water partition coefficient (Wildman–Crippen LogP) is 1.18. The van der Waals surface area contributed by atoms with Gasteiger partial charge in [-0.25, -0.2) is 10.8 Å². The quantitative estimate of drug-likeness (QED) is 0.607. The minimum absolute atomic E-state index is 0.556. The summed E-state index contributed by atoms with van der Waals surface area (Å²) in [4.78, 5) is 14.6. The summed E-state index contributed by atoms with van der Waals surface area (Å²) in [6, 6.07) is 3.97. The van der Waals surface area contributed by atoms with E-state index in [0.29, 0.717) is 5.82 Å². The number of hydrogen-bond acceptors (Lipinski definition) is 6. The summed E-state index contributed by atoms with van der Waals surface area (Å²) < 4.78 is 0. The highest BCUT2D eigenvalue weighted by molar-refractivity contribution is 5.43. The van der Waals surface area contributed by atoms with Gasteiger partial charge in [0.05, 0.1) is 12.4 Å². The summed E-state index contributed by atoms with van der Waals surface area (Å²) in [5.74, 6) is 6.69. The van der Waals surface area contributed by atoms with Gasteiger partial charge in [-0.05, 0) is 24.6 Å². The molecule has 0 aromatic carbocycles. The molecule has 3 N–H and O–H groups in total. The lowest BCUT2D eigenvalue weighted by atomic mass is 10.2. The van der Waals surface area contributed by atoms with Gasteiger partial charge in [0.1, 0.15) is 5.82 Å². The molecule has 0 saturated heterocycles. The number of pyridine rings is 1. The lowest BCUT2D eigenvalue weighted by Crippen LogP contribution is -2.24. The van der Waals surface area contributed by atoms with Crippen LogP contribution in [-0.4, -0.2) is 21.5 Å². The molecule has 0 spiro atoms. The van der Waals surface area contributed by atoms with Crippen LogP contribution in [0.15, 0.2) is 36.9 Å². The van der Waals surface area contributed by atoms with Crippen LogP contribution in [0.1, 0.15) is 12.5 Å². The second-order valence-electron chi connectivity index (χ2n) is 3.78. The summed E-state index contributed by atoms with van der Waals surface area (Å²) >= 11 is 0. The Bertz CT molecular complexity index is 487. The molecule has 0 fully saturated rings. The van der Waals surface area contributed by atoms with Crippen molar-refractivity contribution in [1.82, 2.24) is 15.0 Å². The third-order valence-corrected chi connectivity index (χ3v) is 2.60. The second kappa shape index (κ2) is 5.92. The van der Waals surface area contributed by atoms with E-state index >= 15 is 0 Å². The maximum Gasteiger partial charge on any atom is 0.160 e. The van der Waals surface area contributed by atoms with Gasteiger partial charge in [-0.2, -0.15) is 0 Å². The van der Waals surface area contributed by atoms with Crippen molar-refractivity contribution in [2.24, 2.45) is 5.84 Å². The van der Waals surface area contributed by atoms with Gasteiger partial charge in [0, 0.05) is 25.5 Å². The van der Waals surface area contributed by atoms with E-state index in [1.54, 1.807) is 24.8 Å². The highest BCUT2D eigenvalue weighted by Crippen LogP contribution is 2.14. The number of nitrogens with one attached hydrogen (secondary N) is 1. The van der Waals surface area contributed by atoms with Crippen LogP contribution in [-0.2, 0) is 6.54 Å². The fourth-order valence-electron chi connectivity index (χ4n) is 1.64. The maximum absolute atomic E-state index is 5.33. The molecule has 0 aliphatic heterocycles. The molecule has 2 rings (SSSR count). The van der Waals surface area contributed by atoms with E-state index in [1.807, 2.05) is 12.1 Å². The molecule has 0 unspecified atom stereocenters. The lowest BCUT2D eigenvalue weighted by Gasteiger charge is -2.21. The number of nitrogen functional groups attached to an aromatic ring is 1. The number of aromatic nitrogens is 3. The molecular weight excluding hydrogens is 228 g/mol. The Labute approximate surface area is 106 Å². The van der Waals surface area contributed by atoms with E-state index in [-0.39, 0.29) is 0 Å². The van der Waals surface area contributed by atoms with Crippen molar-refractivity contribution in [2.45, 2.75) is 13.5 Å². The molecule has 2 heterocycles. The van der Waals surface area contributed by atoms with Crippen LogP contribution >= 0.6 is 0 Å². The van der Waals surface area contributed by atoms with E-state index < -0.39 is 0 Å². The van der Waals surface area contributed by atoms with Gasteiger partial charge < -0.3 is 10.3 Å². The molecular formula is C12H16N6. The van der Waals surface area contributed by atoms with Crippen molar-refractivity contribution in [1.29, 1.82) is 0 Å². The molecule has 0 saturated carbocycles. The number of nitrogens with zero attached hydrogens (tertiary/aromatic N) is 4. The van der Waals surface area contributed by atoms with E-state index in [4.69, 9.17) is 5.84 Å². The Morgan fingerprint density at radius 2 is 2.00 bits per heavy atom. The van der Waals surface area contributed by atoms with Gasteiger partial charge in [-0.15, -0.1) is 0 Å². The van der Waals surface area contributed by atoms with E-state index in [9.17, 15) is 0 Å². The maximum atomic E-state index is 5.33. The van der Waals surface area contributed by atoms with Crippen LogP contribution in [0.4, 0.5) is 11.6 Å². The average molecular weight is 244 g/mol. The zero-order valence-electron chi connectivity index (χ0n) is 10.2. The highest BCUT2D eigenvalue weighted by atomic mass is 15.3. The van der Waals surface area contributed by atoms with Crippen molar-refractivity contribution in [3.63, 3.8) is 0 Å². The fraction of sp³-hybridized carbons (Fsp3) is 0.250. The van der Waals surface area contributed by atoms with Crippen LogP contribution in [0.5, 0.6) is 0 Å². The molecule has 2 aromatic rings. The monoisotopic (exact) mass is 244 g/mol. The summed E-state index contributed by atoms with van der Waals surface area (Å²) in [5, 5.41) is 0. The first-order valence-electron chi connectivity index (χ1n) is 5.76. The van der Waals surface area contributed by atoms with Gasteiger partial charge in [0.2, 0.25) is 0 Å². The first-order chi connectivity index (χ1) is 8.83. The van der Waals surface area contributed by atoms with Crippen molar-refractivity contribution in [3.05, 3.63) is 42.5 Å². The minimum atomic E-state index is 0.556. The smallest absolute Gasteiger partial charge is 0.160 e. The molecule has 0 radical (unpaired) electrons. The van der Waals surface area contributed by atoms with Crippen LogP contribution in [0.3, 0.4) is 0 Å². The molecule has 2 aromatic heterocycles. The van der Waals surface area contributed by atoms with Crippen LogP contribution in [0.25, 0.3) is 0 Å². The zero-order chi connectivity index (χ0) is 12.8. The van der Waals surface area contributed by atoms with Crippen LogP contribution < -0.4 is 16.2 Å². The third-order valence-electron chi connectivity index (χ3n) is 2.60. The van der Waals surface area contributed by atoms with E-state index in [2.05, 4.69) is 32.2 Å². The average Bonchev–Trinajstić information content (AvgIpc) is 2.46. The SMILES string of the molecule is CCN(Cc1ccncc1)c1cncc(NN)n1. The number of nitrogens with two attached hydrogens (primary N) is 1.